The lowest BCUT2D eigenvalue weighted by atomic mass is 10.0. The maximum absolute atomic E-state index is 12.5. The van der Waals surface area contributed by atoms with Crippen LogP contribution in [-0.2, 0) is 4.79 Å². The number of alkyl halides is 3. The highest BCUT2D eigenvalue weighted by molar-refractivity contribution is 5.82. The van der Waals surface area contributed by atoms with Gasteiger partial charge < -0.3 is 15.7 Å². The van der Waals surface area contributed by atoms with E-state index in [1.807, 2.05) is 6.92 Å². The van der Waals surface area contributed by atoms with Gasteiger partial charge in [-0.05, 0) is 6.42 Å². The summed E-state index contributed by atoms with van der Waals surface area (Å²) >= 11 is 0. The third kappa shape index (κ3) is 2.90. The van der Waals surface area contributed by atoms with Crippen molar-refractivity contribution >= 4 is 5.91 Å². The molecule has 17 heavy (non-hydrogen) atoms. The molecule has 0 radical (unpaired) electrons. The second kappa shape index (κ2) is 4.81. The van der Waals surface area contributed by atoms with Gasteiger partial charge in [0.15, 0.2) is 5.60 Å². The number of halogens is 3. The molecule has 0 aliphatic carbocycles. The van der Waals surface area contributed by atoms with E-state index in [0.717, 1.165) is 4.90 Å². The van der Waals surface area contributed by atoms with Crippen molar-refractivity contribution in [1.82, 2.24) is 4.90 Å². The first-order valence-corrected chi connectivity index (χ1v) is 5.55. The van der Waals surface area contributed by atoms with Crippen LogP contribution in [0.25, 0.3) is 0 Å². The molecule has 1 amide bonds. The molecule has 4 nitrogen and oxygen atoms in total. The van der Waals surface area contributed by atoms with Crippen LogP contribution in [0, 0.1) is 0 Å². The molecular formula is C10H17F3N2O2. The highest BCUT2D eigenvalue weighted by atomic mass is 19.4. The van der Waals surface area contributed by atoms with Gasteiger partial charge in [0.2, 0.25) is 5.91 Å². The molecule has 7 heteroatoms. The van der Waals surface area contributed by atoms with Gasteiger partial charge in [-0.3, -0.25) is 4.79 Å². The van der Waals surface area contributed by atoms with E-state index in [1.54, 1.807) is 0 Å². The van der Waals surface area contributed by atoms with Crippen molar-refractivity contribution in [2.24, 2.45) is 5.73 Å². The van der Waals surface area contributed by atoms with Crippen LogP contribution in [0.4, 0.5) is 13.2 Å². The molecule has 0 bridgehead atoms. The minimum atomic E-state index is -4.71. The maximum atomic E-state index is 12.5. The summed E-state index contributed by atoms with van der Waals surface area (Å²) in [6, 6.07) is -0.782. The second-order valence-corrected chi connectivity index (χ2v) is 4.43. The van der Waals surface area contributed by atoms with Crippen LogP contribution in [0.1, 0.15) is 26.2 Å². The fourth-order valence-corrected chi connectivity index (χ4v) is 1.88. The van der Waals surface area contributed by atoms with Crippen LogP contribution < -0.4 is 5.73 Å². The van der Waals surface area contributed by atoms with E-state index in [2.05, 4.69) is 0 Å². The molecule has 1 saturated heterocycles. The number of amides is 1. The van der Waals surface area contributed by atoms with Crippen molar-refractivity contribution in [2.45, 2.75) is 44.0 Å². The lowest BCUT2D eigenvalue weighted by Gasteiger charge is -2.26. The quantitative estimate of drug-likeness (QED) is 0.776. The molecule has 0 aromatic carbocycles. The minimum Gasteiger partial charge on any atom is -0.379 e. The Morgan fingerprint density at radius 2 is 2.18 bits per heavy atom. The third-order valence-electron chi connectivity index (χ3n) is 3.00. The monoisotopic (exact) mass is 254 g/mol. The standard InChI is InChI=1S/C10H17F3N2O2/c1-2-3-7(14)8(16)15-5-4-9(17,6-15)10(11,12)13/h7,17H,2-6,14H2,1H3. The zero-order chi connectivity index (χ0) is 13.3. The number of carbonyl (C=O) groups excluding carboxylic acids is 1. The van der Waals surface area contributed by atoms with Crippen molar-refractivity contribution < 1.29 is 23.1 Å². The first kappa shape index (κ1) is 14.2. The molecule has 0 spiro atoms. The van der Waals surface area contributed by atoms with Crippen LogP contribution in [0.2, 0.25) is 0 Å². The summed E-state index contributed by atoms with van der Waals surface area (Å²) in [6.45, 7) is 1.02. The summed E-state index contributed by atoms with van der Waals surface area (Å²) in [5.74, 6) is -0.521. The van der Waals surface area contributed by atoms with E-state index in [4.69, 9.17) is 5.73 Å². The van der Waals surface area contributed by atoms with Crippen LogP contribution in [-0.4, -0.2) is 46.8 Å². The molecule has 1 heterocycles. The molecule has 100 valence electrons. The Morgan fingerprint density at radius 1 is 1.59 bits per heavy atom. The lowest BCUT2D eigenvalue weighted by Crippen LogP contribution is -2.50. The number of β-amino-alcohol motifs (C(OH)–C–C–N with tert-alkyl or cyclic N) is 1. The largest absolute Gasteiger partial charge is 0.419 e. The van der Waals surface area contributed by atoms with Gasteiger partial charge in [-0.25, -0.2) is 0 Å². The van der Waals surface area contributed by atoms with E-state index >= 15 is 0 Å². The fourth-order valence-electron chi connectivity index (χ4n) is 1.88. The van der Waals surface area contributed by atoms with Crippen molar-refractivity contribution in [3.05, 3.63) is 0 Å². The van der Waals surface area contributed by atoms with Gasteiger partial charge in [0, 0.05) is 13.0 Å². The van der Waals surface area contributed by atoms with Crippen LogP contribution in [0.3, 0.4) is 0 Å². The van der Waals surface area contributed by atoms with Crippen LogP contribution in [0.15, 0.2) is 0 Å². The van der Waals surface area contributed by atoms with Gasteiger partial charge >= 0.3 is 6.18 Å². The third-order valence-corrected chi connectivity index (χ3v) is 3.00. The van der Waals surface area contributed by atoms with Crippen LogP contribution >= 0.6 is 0 Å². The smallest absolute Gasteiger partial charge is 0.379 e. The van der Waals surface area contributed by atoms with Gasteiger partial charge in [0.1, 0.15) is 0 Å². The Morgan fingerprint density at radius 3 is 2.59 bits per heavy atom. The molecule has 1 aliphatic heterocycles. The number of rotatable bonds is 3. The van der Waals surface area contributed by atoms with E-state index in [0.29, 0.717) is 12.8 Å². The number of hydrogen-bond donors (Lipinski definition) is 2. The molecule has 0 saturated carbocycles. The number of carbonyl (C=O) groups is 1. The van der Waals surface area contributed by atoms with Gasteiger partial charge in [0.05, 0.1) is 12.6 Å². The average Bonchev–Trinajstić information content (AvgIpc) is 2.60. The molecule has 2 unspecified atom stereocenters. The Labute approximate surface area is 97.6 Å². The molecule has 2 atom stereocenters. The maximum Gasteiger partial charge on any atom is 0.419 e. The molecule has 1 aliphatic rings. The van der Waals surface area contributed by atoms with E-state index in [-0.39, 0.29) is 6.54 Å². The number of aliphatic hydroxyl groups is 1. The normalized spacial score (nSPS) is 27.3. The Hall–Kier alpha value is -0.820. The van der Waals surface area contributed by atoms with Crippen molar-refractivity contribution in [1.29, 1.82) is 0 Å². The summed E-state index contributed by atoms with van der Waals surface area (Å²) in [5.41, 5.74) is 2.77. The summed E-state index contributed by atoms with van der Waals surface area (Å²) in [5, 5.41) is 9.40. The Balaban J connectivity index is 2.65. The number of nitrogens with two attached hydrogens (primary N) is 1. The number of nitrogens with zero attached hydrogens (tertiary/aromatic N) is 1. The van der Waals surface area contributed by atoms with E-state index in [1.165, 1.54) is 0 Å². The predicted molar refractivity (Wildman–Crippen MR) is 55.1 cm³/mol. The van der Waals surface area contributed by atoms with E-state index in [9.17, 15) is 23.1 Å². The molecular weight excluding hydrogens is 237 g/mol. The SMILES string of the molecule is CCCC(N)C(=O)N1CCC(O)(C(F)(F)F)C1. The van der Waals surface area contributed by atoms with Crippen molar-refractivity contribution in [3.8, 4) is 0 Å². The molecule has 1 rings (SSSR count). The summed E-state index contributed by atoms with van der Waals surface area (Å²) in [7, 11) is 0. The molecule has 3 N–H and O–H groups in total. The van der Waals surface area contributed by atoms with Gasteiger partial charge in [-0.1, -0.05) is 13.3 Å². The first-order chi connectivity index (χ1) is 7.71. The highest BCUT2D eigenvalue weighted by Gasteiger charge is 2.57. The van der Waals surface area contributed by atoms with Crippen LogP contribution in [0.5, 0.6) is 0 Å². The van der Waals surface area contributed by atoms with Gasteiger partial charge in [-0.15, -0.1) is 0 Å². The summed E-state index contributed by atoms with van der Waals surface area (Å²) < 4.78 is 37.5. The highest BCUT2D eigenvalue weighted by Crippen LogP contribution is 2.37. The molecule has 0 aromatic rings. The first-order valence-electron chi connectivity index (χ1n) is 5.55. The Bertz CT molecular complexity index is 296. The number of likely N-dealkylation sites (tertiary alicyclic amines) is 1. The zero-order valence-corrected chi connectivity index (χ0v) is 9.63. The second-order valence-electron chi connectivity index (χ2n) is 4.43. The lowest BCUT2D eigenvalue weighted by molar-refractivity contribution is -0.253. The minimum absolute atomic E-state index is 0.105. The molecule has 1 fully saturated rings. The fraction of sp³-hybridized carbons (Fsp3) is 0.900. The molecule has 0 aromatic heterocycles. The van der Waals surface area contributed by atoms with E-state index < -0.39 is 36.7 Å². The predicted octanol–water partition coefficient (Wildman–Crippen LogP) is 0.639. The zero-order valence-electron chi connectivity index (χ0n) is 9.63. The van der Waals surface area contributed by atoms with Crippen molar-refractivity contribution in [2.75, 3.05) is 13.1 Å². The van der Waals surface area contributed by atoms with Gasteiger partial charge in [-0.2, -0.15) is 13.2 Å². The average molecular weight is 254 g/mol. The number of hydrogen-bond acceptors (Lipinski definition) is 3. The van der Waals surface area contributed by atoms with Gasteiger partial charge in [0.25, 0.3) is 0 Å². The van der Waals surface area contributed by atoms with Crippen molar-refractivity contribution in [3.63, 3.8) is 0 Å². The Kier molecular flexibility index (Phi) is 4.03. The topological polar surface area (TPSA) is 66.6 Å². The summed E-state index contributed by atoms with van der Waals surface area (Å²) in [4.78, 5) is 12.7. The summed E-state index contributed by atoms with van der Waals surface area (Å²) in [6.07, 6.45) is -4.08.